The van der Waals surface area contributed by atoms with Crippen LogP contribution in [0, 0.1) is 11.6 Å². The van der Waals surface area contributed by atoms with E-state index in [1.165, 1.54) is 41.6 Å². The van der Waals surface area contributed by atoms with Gasteiger partial charge in [0.05, 0.1) is 39.9 Å². The summed E-state index contributed by atoms with van der Waals surface area (Å²) in [5.74, 6) is -0.314. The fourth-order valence-corrected chi connectivity index (χ4v) is 6.02. The maximum absolute atomic E-state index is 15.4. The highest BCUT2D eigenvalue weighted by Crippen LogP contribution is 2.58. The van der Waals surface area contributed by atoms with Gasteiger partial charge in [-0.3, -0.25) is 14.3 Å². The summed E-state index contributed by atoms with van der Waals surface area (Å²) in [6.45, 7) is 0. The van der Waals surface area contributed by atoms with Gasteiger partial charge in [-0.25, -0.2) is 18.7 Å². The van der Waals surface area contributed by atoms with Gasteiger partial charge in [-0.15, -0.1) is 5.10 Å². The van der Waals surface area contributed by atoms with E-state index in [9.17, 15) is 9.90 Å². The summed E-state index contributed by atoms with van der Waals surface area (Å²) in [5.41, 5.74) is -0.860. The Labute approximate surface area is 234 Å². The molecule has 2 N–H and O–H groups in total. The van der Waals surface area contributed by atoms with Crippen molar-refractivity contribution in [3.8, 4) is 28.2 Å². The van der Waals surface area contributed by atoms with Crippen LogP contribution in [0.4, 0.5) is 8.78 Å². The zero-order valence-electron chi connectivity index (χ0n) is 21.2. The highest BCUT2D eigenvalue weighted by Gasteiger charge is 2.55. The number of aromatic nitrogens is 9. The largest absolute Gasteiger partial charge is 0.383 e. The summed E-state index contributed by atoms with van der Waals surface area (Å²) in [6.07, 6.45) is 7.40. The second-order valence-corrected chi connectivity index (χ2v) is 11.3. The van der Waals surface area contributed by atoms with Crippen molar-refractivity contribution in [3.05, 3.63) is 87.3 Å². The van der Waals surface area contributed by atoms with Crippen molar-refractivity contribution >= 4 is 11.6 Å². The zero-order chi connectivity index (χ0) is 28.1. The van der Waals surface area contributed by atoms with E-state index in [0.29, 0.717) is 42.3 Å². The molecule has 0 saturated heterocycles. The predicted molar refractivity (Wildman–Crippen MR) is 140 cm³/mol. The van der Waals surface area contributed by atoms with Crippen LogP contribution in [-0.2, 0) is 11.0 Å². The molecule has 2 aliphatic carbocycles. The maximum Gasteiger partial charge on any atom is 0.254 e. The van der Waals surface area contributed by atoms with Gasteiger partial charge in [0, 0.05) is 23.2 Å². The lowest BCUT2D eigenvalue weighted by Crippen LogP contribution is -2.26. The van der Waals surface area contributed by atoms with Gasteiger partial charge in [-0.05, 0) is 60.7 Å². The van der Waals surface area contributed by atoms with E-state index in [1.807, 2.05) is 0 Å². The average molecular weight is 576 g/mol. The van der Waals surface area contributed by atoms with E-state index in [-0.39, 0.29) is 38.5 Å². The third kappa shape index (κ3) is 3.61. The molecule has 0 radical (unpaired) electrons. The number of nitrogens with one attached hydrogen (secondary N) is 1. The van der Waals surface area contributed by atoms with Crippen LogP contribution < -0.4 is 5.56 Å². The molecular weight excluding hydrogens is 556 g/mol. The molecule has 0 amide bonds. The number of aliphatic hydroxyl groups is 1. The van der Waals surface area contributed by atoms with E-state index in [4.69, 9.17) is 16.6 Å². The predicted octanol–water partition coefficient (Wildman–Crippen LogP) is 3.61. The molecule has 5 aromatic rings. The molecule has 41 heavy (non-hydrogen) atoms. The molecular formula is C27H20ClF2N9O2. The van der Waals surface area contributed by atoms with Crippen LogP contribution in [-0.4, -0.2) is 49.8 Å². The molecule has 2 fully saturated rings. The molecule has 5 heterocycles. The maximum atomic E-state index is 15.4. The standard InChI is InChI=1S/C27H20ClF2N9O2/c28-14-1-2-17(38-12-33-36-37-38)20(22(14)30)15-9-19(40)39-18(10-26(4-5-26)25(39)35-15)24-32-11-16(34-24)13-3-8-31-23(21(13)29)27(41)6-7-27/h1-3,8-9,11-12,18,41H,4-7,10H2,(H,32,34). The summed E-state index contributed by atoms with van der Waals surface area (Å²) in [4.78, 5) is 30.2. The number of rotatable bonds is 5. The molecule has 0 bridgehead atoms. The Kier molecular flexibility index (Phi) is 4.97. The van der Waals surface area contributed by atoms with Gasteiger partial charge in [0.25, 0.3) is 5.56 Å². The first kappa shape index (κ1) is 24.4. The van der Waals surface area contributed by atoms with E-state index in [0.717, 1.165) is 12.8 Å². The van der Waals surface area contributed by atoms with Crippen molar-refractivity contribution in [1.29, 1.82) is 0 Å². The van der Waals surface area contributed by atoms with Crippen molar-refractivity contribution in [2.75, 3.05) is 0 Å². The van der Waals surface area contributed by atoms with Crippen molar-refractivity contribution in [1.82, 2.24) is 44.7 Å². The SMILES string of the molecule is O=c1cc(-c2c(-n3cnnn3)ccc(Cl)c2F)nc2n1C(c1ncc(-c3ccnc(C4(O)CC4)c3F)[nH]1)CC21CC1. The third-order valence-corrected chi connectivity index (χ3v) is 8.65. The molecule has 14 heteroatoms. The molecule has 206 valence electrons. The number of halogens is 3. The number of fused-ring (bicyclic) bond motifs is 2. The third-order valence-electron chi connectivity index (χ3n) is 8.36. The number of benzene rings is 1. The minimum absolute atomic E-state index is 0.0196. The lowest BCUT2D eigenvalue weighted by Gasteiger charge is -2.15. The minimum atomic E-state index is -1.23. The summed E-state index contributed by atoms with van der Waals surface area (Å²) in [6, 6.07) is 5.28. The molecule has 1 atom stereocenters. The molecule has 2 saturated carbocycles. The number of H-pyrrole nitrogens is 1. The van der Waals surface area contributed by atoms with Crippen molar-refractivity contribution in [2.45, 2.75) is 49.2 Å². The number of nitrogens with zero attached hydrogens (tertiary/aromatic N) is 8. The van der Waals surface area contributed by atoms with Crippen LogP contribution in [0.1, 0.15) is 55.5 Å². The Morgan fingerprint density at radius 3 is 2.66 bits per heavy atom. The number of pyridine rings is 1. The average Bonchev–Trinajstić information content (AvgIpc) is 3.66. The van der Waals surface area contributed by atoms with Crippen LogP contribution in [0.3, 0.4) is 0 Å². The number of hydrogen-bond donors (Lipinski definition) is 2. The van der Waals surface area contributed by atoms with Gasteiger partial charge < -0.3 is 10.1 Å². The molecule has 1 aliphatic heterocycles. The topological polar surface area (TPSA) is 140 Å². The van der Waals surface area contributed by atoms with E-state index < -0.39 is 23.3 Å². The van der Waals surface area contributed by atoms with Gasteiger partial charge in [0.1, 0.15) is 29.3 Å². The van der Waals surface area contributed by atoms with Crippen LogP contribution >= 0.6 is 11.6 Å². The summed E-state index contributed by atoms with van der Waals surface area (Å²) < 4.78 is 33.6. The first-order valence-corrected chi connectivity index (χ1v) is 13.4. The van der Waals surface area contributed by atoms with Crippen molar-refractivity contribution in [2.24, 2.45) is 0 Å². The Balaban J connectivity index is 1.22. The van der Waals surface area contributed by atoms with E-state index in [2.05, 4.69) is 30.5 Å². The van der Waals surface area contributed by atoms with Gasteiger partial charge >= 0.3 is 0 Å². The molecule has 8 rings (SSSR count). The highest BCUT2D eigenvalue weighted by atomic mass is 35.5. The van der Waals surface area contributed by atoms with Gasteiger partial charge in [-0.1, -0.05) is 11.6 Å². The minimum Gasteiger partial charge on any atom is -0.383 e. The van der Waals surface area contributed by atoms with Gasteiger partial charge in [0.15, 0.2) is 11.6 Å². The first-order valence-electron chi connectivity index (χ1n) is 13.1. The summed E-state index contributed by atoms with van der Waals surface area (Å²) >= 11 is 6.12. The van der Waals surface area contributed by atoms with E-state index >= 15 is 8.78 Å². The molecule has 3 aliphatic rings. The Morgan fingerprint density at radius 2 is 1.93 bits per heavy atom. The Bertz CT molecular complexity index is 1930. The first-order chi connectivity index (χ1) is 19.8. The van der Waals surface area contributed by atoms with Gasteiger partial charge in [-0.2, -0.15) is 4.68 Å². The quantitative estimate of drug-likeness (QED) is 0.324. The zero-order valence-corrected chi connectivity index (χ0v) is 22.0. The molecule has 1 unspecified atom stereocenters. The Hall–Kier alpha value is -4.36. The smallest absolute Gasteiger partial charge is 0.254 e. The second-order valence-electron chi connectivity index (χ2n) is 10.9. The second kappa shape index (κ2) is 8.33. The van der Waals surface area contributed by atoms with E-state index in [1.54, 1.807) is 10.6 Å². The lowest BCUT2D eigenvalue weighted by atomic mass is 10.0. The van der Waals surface area contributed by atoms with Crippen LogP contribution in [0.25, 0.3) is 28.2 Å². The van der Waals surface area contributed by atoms with Crippen LogP contribution in [0.5, 0.6) is 0 Å². The molecule has 11 nitrogen and oxygen atoms in total. The molecule has 4 aromatic heterocycles. The molecule has 1 aromatic carbocycles. The van der Waals surface area contributed by atoms with Crippen molar-refractivity contribution in [3.63, 3.8) is 0 Å². The fourth-order valence-electron chi connectivity index (χ4n) is 5.87. The number of imidazole rings is 1. The molecule has 1 spiro atoms. The number of aromatic amines is 1. The lowest BCUT2D eigenvalue weighted by molar-refractivity contribution is 0.141. The normalized spacial score (nSPS) is 19.5. The number of hydrogen-bond acceptors (Lipinski definition) is 8. The Morgan fingerprint density at radius 1 is 1.10 bits per heavy atom. The summed E-state index contributed by atoms with van der Waals surface area (Å²) in [5, 5.41) is 21.4. The highest BCUT2D eigenvalue weighted by molar-refractivity contribution is 6.31. The monoisotopic (exact) mass is 575 g/mol. The fraction of sp³-hybridized carbons (Fsp3) is 0.296. The van der Waals surface area contributed by atoms with Gasteiger partial charge in [0.2, 0.25) is 0 Å². The number of tetrazole rings is 1. The van der Waals surface area contributed by atoms with Crippen LogP contribution in [0.2, 0.25) is 5.02 Å². The van der Waals surface area contributed by atoms with Crippen molar-refractivity contribution < 1.29 is 13.9 Å². The summed E-state index contributed by atoms with van der Waals surface area (Å²) in [7, 11) is 0. The van der Waals surface area contributed by atoms with Crippen LogP contribution in [0.15, 0.2) is 47.8 Å².